The first-order valence-electron chi connectivity index (χ1n) is 9.37. The first kappa shape index (κ1) is 16.4. The average Bonchev–Trinajstić information content (AvgIpc) is 3.37. The molecule has 3 aromatic rings. The summed E-state index contributed by atoms with van der Waals surface area (Å²) < 4.78 is 3.62. The minimum Gasteiger partial charge on any atom is -0.391 e. The zero-order chi connectivity index (χ0) is 18.5. The molecule has 1 aliphatic carbocycles. The van der Waals surface area contributed by atoms with Gasteiger partial charge in [-0.3, -0.25) is 9.20 Å². The second-order valence-corrected chi connectivity index (χ2v) is 7.69. The normalized spacial score (nSPS) is 27.9. The molecule has 0 radical (unpaired) electrons. The lowest BCUT2D eigenvalue weighted by atomic mass is 9.77. The molecular weight excluding hydrogens is 344 g/mol. The van der Waals surface area contributed by atoms with Gasteiger partial charge in [0.05, 0.1) is 17.8 Å². The maximum Gasteiger partial charge on any atom is 0.272 e. The van der Waals surface area contributed by atoms with Crippen LogP contribution in [0, 0.1) is 18.8 Å². The maximum atomic E-state index is 13.3. The fourth-order valence-corrected chi connectivity index (χ4v) is 4.77. The van der Waals surface area contributed by atoms with Gasteiger partial charge in [-0.1, -0.05) is 6.07 Å². The third-order valence-electron chi connectivity index (χ3n) is 6.08. The van der Waals surface area contributed by atoms with Gasteiger partial charge < -0.3 is 10.0 Å². The monoisotopic (exact) mass is 366 g/mol. The number of aliphatic hydroxyl groups is 1. The van der Waals surface area contributed by atoms with Gasteiger partial charge in [-0.05, 0) is 43.7 Å². The number of rotatable bonds is 2. The molecule has 3 aromatic heterocycles. The summed E-state index contributed by atoms with van der Waals surface area (Å²) >= 11 is 0. The Kier molecular flexibility index (Phi) is 3.75. The van der Waals surface area contributed by atoms with Crippen LogP contribution in [0.5, 0.6) is 0 Å². The topological polar surface area (TPSA) is 88.6 Å². The Morgan fingerprint density at radius 2 is 2.04 bits per heavy atom. The van der Waals surface area contributed by atoms with Gasteiger partial charge in [-0.2, -0.15) is 5.10 Å². The second-order valence-electron chi connectivity index (χ2n) is 7.69. The molecule has 5 rings (SSSR count). The third kappa shape index (κ3) is 2.63. The third-order valence-corrected chi connectivity index (χ3v) is 6.08. The van der Waals surface area contributed by atoms with E-state index in [0.29, 0.717) is 37.0 Å². The summed E-state index contributed by atoms with van der Waals surface area (Å²) in [5, 5.41) is 14.8. The molecule has 0 bridgehead atoms. The van der Waals surface area contributed by atoms with E-state index < -0.39 is 6.10 Å². The molecule has 0 unspecified atom stereocenters. The molecule has 0 spiro atoms. The van der Waals surface area contributed by atoms with E-state index in [1.165, 1.54) is 6.33 Å². The number of nitrogens with zero attached hydrogens (tertiary/aromatic N) is 6. The quantitative estimate of drug-likeness (QED) is 0.739. The summed E-state index contributed by atoms with van der Waals surface area (Å²) in [6, 6.07) is 5.67. The number of carbonyl (C=O) groups is 1. The van der Waals surface area contributed by atoms with Gasteiger partial charge in [0.1, 0.15) is 24.0 Å². The van der Waals surface area contributed by atoms with Gasteiger partial charge in [-0.15, -0.1) is 0 Å². The molecule has 4 atom stereocenters. The number of hydrogen-bond acceptors (Lipinski definition) is 5. The van der Waals surface area contributed by atoms with Crippen molar-refractivity contribution in [2.45, 2.75) is 31.9 Å². The zero-order valence-electron chi connectivity index (χ0n) is 15.1. The van der Waals surface area contributed by atoms with Crippen LogP contribution in [-0.4, -0.2) is 59.3 Å². The first-order chi connectivity index (χ1) is 13.1. The Hall–Kier alpha value is -2.74. The Morgan fingerprint density at radius 3 is 2.81 bits per heavy atom. The Bertz CT molecular complexity index is 981. The van der Waals surface area contributed by atoms with Crippen LogP contribution in [0.25, 0.3) is 5.65 Å². The van der Waals surface area contributed by atoms with Gasteiger partial charge >= 0.3 is 0 Å². The number of imidazole rings is 1. The van der Waals surface area contributed by atoms with Gasteiger partial charge in [0.15, 0.2) is 0 Å². The number of amides is 1. The molecule has 27 heavy (non-hydrogen) atoms. The number of hydrogen-bond donors (Lipinski definition) is 1. The molecule has 1 N–H and O–H groups in total. The Labute approximate surface area is 156 Å². The molecule has 0 aromatic carbocycles. The lowest BCUT2D eigenvalue weighted by Gasteiger charge is -2.34. The van der Waals surface area contributed by atoms with Crippen molar-refractivity contribution >= 4 is 11.6 Å². The molecule has 140 valence electrons. The molecule has 1 amide bonds. The lowest BCUT2D eigenvalue weighted by Crippen LogP contribution is -2.36. The van der Waals surface area contributed by atoms with Crippen LogP contribution in [0.2, 0.25) is 0 Å². The number of aliphatic hydroxyl groups excluding tert-OH is 1. The highest BCUT2D eigenvalue weighted by Gasteiger charge is 2.44. The van der Waals surface area contributed by atoms with Crippen LogP contribution in [0.3, 0.4) is 0 Å². The van der Waals surface area contributed by atoms with Crippen LogP contribution < -0.4 is 0 Å². The summed E-state index contributed by atoms with van der Waals surface area (Å²) in [7, 11) is 0. The number of pyridine rings is 1. The summed E-state index contributed by atoms with van der Waals surface area (Å²) in [5.41, 5.74) is 2.18. The Morgan fingerprint density at radius 1 is 1.22 bits per heavy atom. The smallest absolute Gasteiger partial charge is 0.272 e. The van der Waals surface area contributed by atoms with E-state index in [2.05, 4.69) is 15.1 Å². The molecule has 1 saturated heterocycles. The number of carbonyl (C=O) groups excluding carboxylic acids is 1. The molecule has 1 saturated carbocycles. The van der Waals surface area contributed by atoms with Crippen LogP contribution >= 0.6 is 0 Å². The van der Waals surface area contributed by atoms with Gasteiger partial charge in [0, 0.05) is 19.3 Å². The van der Waals surface area contributed by atoms with E-state index in [-0.39, 0.29) is 11.9 Å². The SMILES string of the molecule is Cc1nc2ccccn2c1C(=O)N1C[C@H]2C[C@@H](n3cncn3)[C@H](O)C[C@H]2C1. The number of fused-ring (bicyclic) bond motifs is 2. The summed E-state index contributed by atoms with van der Waals surface area (Å²) in [6.07, 6.45) is 6.08. The number of aryl methyl sites for hydroxylation is 1. The molecule has 4 heterocycles. The molecule has 2 aliphatic rings. The predicted molar refractivity (Wildman–Crippen MR) is 97.1 cm³/mol. The highest BCUT2D eigenvalue weighted by atomic mass is 16.3. The molecule has 1 aliphatic heterocycles. The largest absolute Gasteiger partial charge is 0.391 e. The first-order valence-corrected chi connectivity index (χ1v) is 9.37. The summed E-state index contributed by atoms with van der Waals surface area (Å²) in [6.45, 7) is 3.28. The minimum atomic E-state index is -0.458. The van der Waals surface area contributed by atoms with Crippen LogP contribution in [0.1, 0.15) is 35.1 Å². The highest BCUT2D eigenvalue weighted by Crippen LogP contribution is 2.41. The van der Waals surface area contributed by atoms with Crippen molar-refractivity contribution in [1.29, 1.82) is 0 Å². The summed E-state index contributed by atoms with van der Waals surface area (Å²) in [5.74, 6) is 0.710. The molecule has 2 fully saturated rings. The van der Waals surface area contributed by atoms with E-state index in [1.807, 2.05) is 40.6 Å². The predicted octanol–water partition coefficient (Wildman–Crippen LogP) is 1.32. The van der Waals surface area contributed by atoms with E-state index in [4.69, 9.17) is 0 Å². The standard InChI is InChI=1S/C19H22N6O2/c1-12-18(24-5-3-2-4-17(24)22-12)19(27)23-8-13-6-15(25-11-20-10-21-25)16(26)7-14(13)9-23/h2-5,10-11,13-16,26H,6-9H2,1H3/t13-,14+,15-,16-/m1/s1. The summed E-state index contributed by atoms with van der Waals surface area (Å²) in [4.78, 5) is 23.7. The highest BCUT2D eigenvalue weighted by molar-refractivity contribution is 5.94. The van der Waals surface area contributed by atoms with Gasteiger partial charge in [0.25, 0.3) is 5.91 Å². The maximum absolute atomic E-state index is 13.3. The van der Waals surface area contributed by atoms with E-state index in [0.717, 1.165) is 17.8 Å². The fourth-order valence-electron chi connectivity index (χ4n) is 4.77. The lowest BCUT2D eigenvalue weighted by molar-refractivity contribution is 0.0304. The average molecular weight is 366 g/mol. The minimum absolute atomic E-state index is 0.0207. The second kappa shape index (κ2) is 6.16. The van der Waals surface area contributed by atoms with Crippen LogP contribution in [0.4, 0.5) is 0 Å². The van der Waals surface area contributed by atoms with Crippen LogP contribution in [0.15, 0.2) is 37.1 Å². The van der Waals surface area contributed by atoms with Crippen molar-refractivity contribution in [3.63, 3.8) is 0 Å². The van der Waals surface area contributed by atoms with Crippen LogP contribution in [-0.2, 0) is 0 Å². The van der Waals surface area contributed by atoms with Crippen molar-refractivity contribution in [1.82, 2.24) is 29.0 Å². The molecule has 8 heteroatoms. The van der Waals surface area contributed by atoms with Crippen molar-refractivity contribution in [2.24, 2.45) is 11.8 Å². The van der Waals surface area contributed by atoms with Crippen molar-refractivity contribution in [2.75, 3.05) is 13.1 Å². The molecular formula is C19H22N6O2. The van der Waals surface area contributed by atoms with E-state index >= 15 is 0 Å². The van der Waals surface area contributed by atoms with Crippen molar-refractivity contribution in [3.05, 3.63) is 48.4 Å². The Balaban J connectivity index is 1.39. The number of aromatic nitrogens is 5. The number of likely N-dealkylation sites (tertiary alicyclic amines) is 1. The fraction of sp³-hybridized carbons (Fsp3) is 0.474. The molecule has 8 nitrogen and oxygen atoms in total. The van der Waals surface area contributed by atoms with Crippen molar-refractivity contribution < 1.29 is 9.90 Å². The zero-order valence-corrected chi connectivity index (χ0v) is 15.1. The van der Waals surface area contributed by atoms with Gasteiger partial charge in [-0.25, -0.2) is 14.6 Å². The van der Waals surface area contributed by atoms with Crippen molar-refractivity contribution in [3.8, 4) is 0 Å². The van der Waals surface area contributed by atoms with Gasteiger partial charge in [0.2, 0.25) is 0 Å². The van der Waals surface area contributed by atoms with E-state index in [9.17, 15) is 9.90 Å². The van der Waals surface area contributed by atoms with E-state index in [1.54, 1.807) is 11.0 Å².